The van der Waals surface area contributed by atoms with Crippen molar-refractivity contribution in [1.29, 1.82) is 0 Å². The zero-order valence-electron chi connectivity index (χ0n) is 12.2. The normalized spacial score (nSPS) is 13.5. The Labute approximate surface area is 131 Å². The molecule has 0 radical (unpaired) electrons. The standard InChI is InChI=1S/C16H11N5O2/c1-10-6-7-11(20-9-17-18-19-20)8-14(10)21-15(22)12-4-2-3-5-13(12)16(21)23/h2-9H,1H3. The van der Waals surface area contributed by atoms with Gasteiger partial charge in [-0.25, -0.2) is 9.58 Å². The first-order valence-electron chi connectivity index (χ1n) is 6.98. The summed E-state index contributed by atoms with van der Waals surface area (Å²) in [6.45, 7) is 1.85. The first-order valence-corrected chi connectivity index (χ1v) is 6.98. The highest BCUT2D eigenvalue weighted by Gasteiger charge is 2.37. The van der Waals surface area contributed by atoms with Crippen molar-refractivity contribution in [2.24, 2.45) is 0 Å². The van der Waals surface area contributed by atoms with E-state index in [4.69, 9.17) is 0 Å². The molecule has 2 aromatic carbocycles. The number of anilines is 1. The predicted molar refractivity (Wildman–Crippen MR) is 81.5 cm³/mol. The summed E-state index contributed by atoms with van der Waals surface area (Å²) in [5.41, 5.74) is 2.86. The molecule has 2 heterocycles. The second-order valence-corrected chi connectivity index (χ2v) is 5.22. The van der Waals surface area contributed by atoms with E-state index in [1.807, 2.05) is 19.1 Å². The van der Waals surface area contributed by atoms with Crippen LogP contribution in [0.25, 0.3) is 5.69 Å². The minimum absolute atomic E-state index is 0.317. The molecule has 7 heteroatoms. The smallest absolute Gasteiger partial charge is 0.266 e. The van der Waals surface area contributed by atoms with Gasteiger partial charge >= 0.3 is 0 Å². The molecular formula is C16H11N5O2. The van der Waals surface area contributed by atoms with Gasteiger partial charge in [0.15, 0.2) is 0 Å². The van der Waals surface area contributed by atoms with E-state index in [1.54, 1.807) is 30.3 Å². The lowest BCUT2D eigenvalue weighted by Gasteiger charge is -2.17. The molecule has 1 aliphatic heterocycles. The van der Waals surface area contributed by atoms with Crippen molar-refractivity contribution in [1.82, 2.24) is 20.2 Å². The van der Waals surface area contributed by atoms with Gasteiger partial charge in [0.25, 0.3) is 11.8 Å². The molecule has 0 aliphatic carbocycles. The average Bonchev–Trinajstić information content (AvgIpc) is 3.18. The lowest BCUT2D eigenvalue weighted by Crippen LogP contribution is -2.30. The third-order valence-electron chi connectivity index (χ3n) is 3.84. The Hall–Kier alpha value is -3.35. The van der Waals surface area contributed by atoms with E-state index < -0.39 is 0 Å². The molecule has 2 amide bonds. The second kappa shape index (κ2) is 4.84. The van der Waals surface area contributed by atoms with E-state index in [2.05, 4.69) is 15.5 Å². The van der Waals surface area contributed by atoms with Crippen molar-refractivity contribution in [2.45, 2.75) is 6.92 Å². The molecule has 1 aliphatic rings. The zero-order chi connectivity index (χ0) is 16.0. The lowest BCUT2D eigenvalue weighted by atomic mass is 10.1. The van der Waals surface area contributed by atoms with Crippen molar-refractivity contribution < 1.29 is 9.59 Å². The van der Waals surface area contributed by atoms with Crippen molar-refractivity contribution >= 4 is 17.5 Å². The van der Waals surface area contributed by atoms with E-state index in [1.165, 1.54) is 15.9 Å². The molecule has 0 saturated carbocycles. The van der Waals surface area contributed by atoms with Gasteiger partial charge in [-0.15, -0.1) is 5.10 Å². The Morgan fingerprint density at radius 1 is 0.957 bits per heavy atom. The number of carbonyl (C=O) groups is 2. The van der Waals surface area contributed by atoms with Crippen LogP contribution in [0.2, 0.25) is 0 Å². The number of nitrogens with zero attached hydrogens (tertiary/aromatic N) is 5. The minimum atomic E-state index is -0.317. The van der Waals surface area contributed by atoms with Crippen LogP contribution in [-0.2, 0) is 0 Å². The van der Waals surface area contributed by atoms with E-state index >= 15 is 0 Å². The van der Waals surface area contributed by atoms with E-state index in [0.29, 0.717) is 22.5 Å². The molecule has 0 atom stereocenters. The van der Waals surface area contributed by atoms with E-state index in [-0.39, 0.29) is 11.8 Å². The van der Waals surface area contributed by atoms with Crippen LogP contribution in [0, 0.1) is 6.92 Å². The molecule has 23 heavy (non-hydrogen) atoms. The summed E-state index contributed by atoms with van der Waals surface area (Å²) in [5, 5.41) is 11.0. The van der Waals surface area contributed by atoms with Gasteiger partial charge in [0.2, 0.25) is 0 Å². The Balaban J connectivity index is 1.84. The number of benzene rings is 2. The molecular weight excluding hydrogens is 294 g/mol. The molecule has 0 bridgehead atoms. The molecule has 0 saturated heterocycles. The number of tetrazole rings is 1. The molecule has 4 rings (SSSR count). The van der Waals surface area contributed by atoms with Gasteiger partial charge in [0.1, 0.15) is 6.33 Å². The van der Waals surface area contributed by atoms with Crippen LogP contribution in [0.3, 0.4) is 0 Å². The van der Waals surface area contributed by atoms with Crippen molar-refractivity contribution in [3.05, 3.63) is 65.5 Å². The topological polar surface area (TPSA) is 81.0 Å². The number of aryl methyl sites for hydroxylation is 1. The number of rotatable bonds is 2. The summed E-state index contributed by atoms with van der Waals surface area (Å²) >= 11 is 0. The summed E-state index contributed by atoms with van der Waals surface area (Å²) in [7, 11) is 0. The summed E-state index contributed by atoms with van der Waals surface area (Å²) in [5.74, 6) is -0.634. The van der Waals surface area contributed by atoms with Crippen molar-refractivity contribution in [3.8, 4) is 5.69 Å². The summed E-state index contributed by atoms with van der Waals surface area (Å²) < 4.78 is 1.47. The SMILES string of the molecule is Cc1ccc(-n2cnnn2)cc1N1C(=O)c2ccccc2C1=O. The number of carbonyl (C=O) groups excluding carboxylic acids is 2. The monoisotopic (exact) mass is 305 g/mol. The van der Waals surface area contributed by atoms with Gasteiger partial charge in [-0.3, -0.25) is 9.59 Å². The third-order valence-corrected chi connectivity index (χ3v) is 3.84. The highest BCUT2D eigenvalue weighted by atomic mass is 16.2. The predicted octanol–water partition coefficient (Wildman–Crippen LogP) is 1.77. The van der Waals surface area contributed by atoms with Crippen LogP contribution < -0.4 is 4.90 Å². The Kier molecular flexibility index (Phi) is 2.80. The highest BCUT2D eigenvalue weighted by Crippen LogP contribution is 2.31. The quantitative estimate of drug-likeness (QED) is 0.674. The number of amides is 2. The second-order valence-electron chi connectivity index (χ2n) is 5.22. The van der Waals surface area contributed by atoms with Gasteiger partial charge in [0, 0.05) is 0 Å². The zero-order valence-corrected chi connectivity index (χ0v) is 12.2. The van der Waals surface area contributed by atoms with Gasteiger partial charge < -0.3 is 0 Å². The van der Waals surface area contributed by atoms with Crippen LogP contribution >= 0.6 is 0 Å². The van der Waals surface area contributed by atoms with Crippen LogP contribution in [0.5, 0.6) is 0 Å². The van der Waals surface area contributed by atoms with Gasteiger partial charge in [0.05, 0.1) is 22.5 Å². The van der Waals surface area contributed by atoms with Crippen LogP contribution in [0.4, 0.5) is 5.69 Å². The number of hydrogen-bond donors (Lipinski definition) is 0. The average molecular weight is 305 g/mol. The summed E-state index contributed by atoms with van der Waals surface area (Å²) in [6.07, 6.45) is 1.46. The fourth-order valence-corrected chi connectivity index (χ4v) is 2.67. The van der Waals surface area contributed by atoms with Crippen molar-refractivity contribution in [2.75, 3.05) is 4.90 Å². The fourth-order valence-electron chi connectivity index (χ4n) is 2.67. The number of fused-ring (bicyclic) bond motifs is 1. The Morgan fingerprint density at radius 3 is 2.26 bits per heavy atom. The van der Waals surface area contributed by atoms with Gasteiger partial charge in [-0.2, -0.15) is 0 Å². The molecule has 0 N–H and O–H groups in total. The first kappa shape index (κ1) is 13.3. The largest absolute Gasteiger partial charge is 0.268 e. The maximum absolute atomic E-state index is 12.6. The number of aromatic nitrogens is 4. The fraction of sp³-hybridized carbons (Fsp3) is 0.0625. The first-order chi connectivity index (χ1) is 11.2. The maximum atomic E-state index is 12.6. The van der Waals surface area contributed by atoms with Crippen LogP contribution in [0.15, 0.2) is 48.8 Å². The molecule has 1 aromatic heterocycles. The van der Waals surface area contributed by atoms with Gasteiger partial charge in [-0.1, -0.05) is 18.2 Å². The maximum Gasteiger partial charge on any atom is 0.266 e. The van der Waals surface area contributed by atoms with E-state index in [9.17, 15) is 9.59 Å². The molecule has 0 unspecified atom stereocenters. The molecule has 112 valence electrons. The minimum Gasteiger partial charge on any atom is -0.268 e. The number of hydrogen-bond acceptors (Lipinski definition) is 5. The summed E-state index contributed by atoms with van der Waals surface area (Å²) in [4.78, 5) is 26.4. The van der Waals surface area contributed by atoms with Gasteiger partial charge in [-0.05, 0) is 47.2 Å². The number of imide groups is 1. The molecule has 0 spiro atoms. The molecule has 0 fully saturated rings. The van der Waals surface area contributed by atoms with Crippen molar-refractivity contribution in [3.63, 3.8) is 0 Å². The molecule has 7 nitrogen and oxygen atoms in total. The Bertz CT molecular complexity index is 898. The Morgan fingerprint density at radius 2 is 1.65 bits per heavy atom. The third kappa shape index (κ3) is 1.94. The highest BCUT2D eigenvalue weighted by molar-refractivity contribution is 6.34. The molecule has 3 aromatic rings. The van der Waals surface area contributed by atoms with E-state index in [0.717, 1.165) is 5.56 Å². The van der Waals surface area contributed by atoms with Crippen LogP contribution in [0.1, 0.15) is 26.3 Å². The lowest BCUT2D eigenvalue weighted by molar-refractivity contribution is 0.0926. The van der Waals surface area contributed by atoms with Crippen LogP contribution in [-0.4, -0.2) is 32.0 Å². The summed E-state index contributed by atoms with van der Waals surface area (Å²) in [6, 6.07) is 12.2.